The Morgan fingerprint density at radius 2 is 1.93 bits per heavy atom. The quantitative estimate of drug-likeness (QED) is 0.615. The van der Waals surface area contributed by atoms with Crippen molar-refractivity contribution < 1.29 is 22.7 Å². The van der Waals surface area contributed by atoms with Gasteiger partial charge in [0.15, 0.2) is 6.04 Å². The van der Waals surface area contributed by atoms with E-state index in [4.69, 9.17) is 16.3 Å². The first kappa shape index (κ1) is 22.0. The van der Waals surface area contributed by atoms with Crippen LogP contribution in [0.5, 0.6) is 0 Å². The fourth-order valence-corrected chi connectivity index (χ4v) is 4.34. The van der Waals surface area contributed by atoms with Crippen LogP contribution in [-0.2, 0) is 24.3 Å². The maximum absolute atomic E-state index is 13.3. The first-order valence-corrected chi connectivity index (χ1v) is 11.5. The number of halogens is 1. The minimum absolute atomic E-state index is 0.129. The average Bonchev–Trinajstić information content (AvgIpc) is 2.71. The number of rotatable bonds is 6. The van der Waals surface area contributed by atoms with Crippen molar-refractivity contribution in [2.45, 2.75) is 19.9 Å². The van der Waals surface area contributed by atoms with Crippen LogP contribution in [-0.4, -0.2) is 61.4 Å². The Hall–Kier alpha value is -2.65. The number of fused-ring (bicyclic) bond motifs is 1. The maximum atomic E-state index is 13.3. The summed E-state index contributed by atoms with van der Waals surface area (Å²) in [7, 11) is -3.48. The molecule has 30 heavy (non-hydrogen) atoms. The van der Waals surface area contributed by atoms with Gasteiger partial charge in [0.1, 0.15) is 5.84 Å². The lowest BCUT2D eigenvalue weighted by Crippen LogP contribution is -2.42. The Morgan fingerprint density at radius 1 is 1.23 bits per heavy atom. The third kappa shape index (κ3) is 4.73. The first-order chi connectivity index (χ1) is 14.3. The highest BCUT2D eigenvalue weighted by Gasteiger charge is 2.34. The minimum Gasteiger partial charge on any atom is -0.464 e. The van der Waals surface area contributed by atoms with Gasteiger partial charge in [-0.05, 0) is 43.7 Å². The Balaban J connectivity index is 1.93. The summed E-state index contributed by atoms with van der Waals surface area (Å²) < 4.78 is 32.3. The molecule has 0 fully saturated rings. The van der Waals surface area contributed by atoms with E-state index in [-0.39, 0.29) is 37.2 Å². The lowest BCUT2D eigenvalue weighted by Gasteiger charge is -2.32. The second-order valence-corrected chi connectivity index (χ2v) is 8.84. The number of carbonyl (C=O) groups is 2. The molecule has 2 aliphatic rings. The molecule has 2 heterocycles. The molecule has 0 aliphatic carbocycles. The molecular formula is C20H22ClN3O5S. The summed E-state index contributed by atoms with van der Waals surface area (Å²) in [5.74, 6) is -0.785. The van der Waals surface area contributed by atoms with Crippen LogP contribution in [0.3, 0.4) is 0 Å². The molecule has 160 valence electrons. The summed E-state index contributed by atoms with van der Waals surface area (Å²) >= 11 is 5.97. The Bertz CT molecular complexity index is 1030. The fraction of sp³-hybridized carbons (Fsp3) is 0.350. The van der Waals surface area contributed by atoms with E-state index in [2.05, 4.69) is 4.40 Å². The van der Waals surface area contributed by atoms with Gasteiger partial charge in [-0.2, -0.15) is 0 Å². The standard InChI is InChI=1S/C20H22ClN3O5S/c1-3-24(18(20(26)29-4-2)14-5-8-16(21)9-6-14)19(25)15-7-10-17-22-30(27,28)12-11-23(17)13-15/h5-10,13,18H,3-4,11-12H2,1-2H3. The van der Waals surface area contributed by atoms with E-state index >= 15 is 0 Å². The van der Waals surface area contributed by atoms with E-state index in [1.165, 1.54) is 17.1 Å². The van der Waals surface area contributed by atoms with E-state index in [0.29, 0.717) is 16.2 Å². The third-order valence-corrected chi connectivity index (χ3v) is 6.10. The number of carbonyl (C=O) groups excluding carboxylic acids is 2. The van der Waals surface area contributed by atoms with Crippen molar-refractivity contribution in [3.05, 3.63) is 58.8 Å². The van der Waals surface area contributed by atoms with E-state index in [0.717, 1.165) is 0 Å². The van der Waals surface area contributed by atoms with Crippen LogP contribution in [0.25, 0.3) is 0 Å². The molecule has 0 spiro atoms. The van der Waals surface area contributed by atoms with Gasteiger partial charge in [-0.1, -0.05) is 23.7 Å². The van der Waals surface area contributed by atoms with Gasteiger partial charge in [-0.15, -0.1) is 4.40 Å². The minimum atomic E-state index is -3.48. The van der Waals surface area contributed by atoms with E-state index in [1.54, 1.807) is 49.2 Å². The van der Waals surface area contributed by atoms with Crippen LogP contribution in [0.4, 0.5) is 0 Å². The molecule has 0 N–H and O–H groups in total. The van der Waals surface area contributed by atoms with Crippen molar-refractivity contribution in [2.24, 2.45) is 4.40 Å². The van der Waals surface area contributed by atoms with Crippen molar-refractivity contribution in [3.63, 3.8) is 0 Å². The zero-order chi connectivity index (χ0) is 21.9. The molecule has 1 atom stereocenters. The number of ether oxygens (including phenoxy) is 1. The third-order valence-electron chi connectivity index (χ3n) is 4.68. The predicted octanol–water partition coefficient (Wildman–Crippen LogP) is 2.29. The average molecular weight is 452 g/mol. The Kier molecular flexibility index (Phi) is 6.62. The molecule has 10 heteroatoms. The number of hydrogen-bond donors (Lipinski definition) is 0. The zero-order valence-electron chi connectivity index (χ0n) is 16.6. The van der Waals surface area contributed by atoms with Gasteiger partial charge < -0.3 is 14.5 Å². The smallest absolute Gasteiger partial charge is 0.333 e. The summed E-state index contributed by atoms with van der Waals surface area (Å²) in [6.07, 6.45) is 4.55. The highest BCUT2D eigenvalue weighted by atomic mass is 35.5. The first-order valence-electron chi connectivity index (χ1n) is 9.48. The zero-order valence-corrected chi connectivity index (χ0v) is 18.2. The molecule has 0 bridgehead atoms. The molecule has 8 nitrogen and oxygen atoms in total. The number of esters is 1. The van der Waals surface area contributed by atoms with Crippen molar-refractivity contribution in [1.82, 2.24) is 9.80 Å². The monoisotopic (exact) mass is 451 g/mol. The lowest BCUT2D eigenvalue weighted by molar-refractivity contribution is -0.154. The van der Waals surface area contributed by atoms with Crippen LogP contribution in [0, 0.1) is 0 Å². The number of sulfonamides is 1. The van der Waals surface area contributed by atoms with Crippen molar-refractivity contribution >= 4 is 39.3 Å². The van der Waals surface area contributed by atoms with Gasteiger partial charge >= 0.3 is 5.97 Å². The largest absolute Gasteiger partial charge is 0.464 e. The topological polar surface area (TPSA) is 96.4 Å². The number of amidine groups is 1. The van der Waals surface area contributed by atoms with Gasteiger partial charge in [0.25, 0.3) is 15.9 Å². The molecule has 0 saturated heterocycles. The highest BCUT2D eigenvalue weighted by Crippen LogP contribution is 2.27. The van der Waals surface area contributed by atoms with Crippen molar-refractivity contribution in [3.8, 4) is 0 Å². The van der Waals surface area contributed by atoms with Gasteiger partial charge in [-0.25, -0.2) is 13.2 Å². The molecule has 1 unspecified atom stereocenters. The van der Waals surface area contributed by atoms with Crippen molar-refractivity contribution in [2.75, 3.05) is 25.4 Å². The second kappa shape index (κ2) is 9.01. The summed E-state index contributed by atoms with van der Waals surface area (Å²) in [5.41, 5.74) is 0.901. The summed E-state index contributed by atoms with van der Waals surface area (Å²) in [4.78, 5) is 29.1. The van der Waals surface area contributed by atoms with Crippen molar-refractivity contribution in [1.29, 1.82) is 0 Å². The maximum Gasteiger partial charge on any atom is 0.333 e. The SMILES string of the molecule is CCOC(=O)C(c1ccc(Cl)cc1)N(CC)C(=O)C1=CN2CCS(=O)(=O)N=C2C=C1. The number of hydrogen-bond acceptors (Lipinski definition) is 6. The van der Waals surface area contributed by atoms with Gasteiger partial charge in [0, 0.05) is 24.3 Å². The molecule has 2 aliphatic heterocycles. The molecule has 1 aromatic rings. The van der Waals surface area contributed by atoms with Gasteiger partial charge in [-0.3, -0.25) is 4.79 Å². The summed E-state index contributed by atoms with van der Waals surface area (Å²) in [6, 6.07) is 5.73. The summed E-state index contributed by atoms with van der Waals surface area (Å²) in [5, 5.41) is 0.514. The fourth-order valence-electron chi connectivity index (χ4n) is 3.25. The van der Waals surface area contributed by atoms with Crippen LogP contribution in [0.1, 0.15) is 25.5 Å². The molecular weight excluding hydrogens is 430 g/mol. The summed E-state index contributed by atoms with van der Waals surface area (Å²) in [6.45, 7) is 4.11. The van der Waals surface area contributed by atoms with Gasteiger partial charge in [0.05, 0.1) is 17.9 Å². The number of benzene rings is 1. The number of nitrogens with zero attached hydrogens (tertiary/aromatic N) is 3. The predicted molar refractivity (Wildman–Crippen MR) is 113 cm³/mol. The van der Waals surface area contributed by atoms with Crippen LogP contribution >= 0.6 is 11.6 Å². The Morgan fingerprint density at radius 3 is 2.57 bits per heavy atom. The normalized spacial score (nSPS) is 18.0. The highest BCUT2D eigenvalue weighted by molar-refractivity contribution is 7.90. The van der Waals surface area contributed by atoms with Crippen LogP contribution in [0.2, 0.25) is 5.02 Å². The molecule has 0 saturated carbocycles. The molecule has 0 radical (unpaired) electrons. The van der Waals surface area contributed by atoms with E-state index < -0.39 is 22.0 Å². The number of likely N-dealkylation sites (N-methyl/N-ethyl adjacent to an activating group) is 1. The lowest BCUT2D eigenvalue weighted by atomic mass is 10.0. The van der Waals surface area contributed by atoms with E-state index in [9.17, 15) is 18.0 Å². The molecule has 3 rings (SSSR count). The number of amides is 1. The second-order valence-electron chi connectivity index (χ2n) is 6.64. The molecule has 1 amide bonds. The van der Waals surface area contributed by atoms with Crippen LogP contribution < -0.4 is 0 Å². The Labute approximate surface area is 180 Å². The molecule has 1 aromatic carbocycles. The molecule has 0 aromatic heterocycles. The van der Waals surface area contributed by atoms with Gasteiger partial charge in [0.2, 0.25) is 0 Å². The van der Waals surface area contributed by atoms with E-state index in [1.807, 2.05) is 0 Å². The van der Waals surface area contributed by atoms with Crippen LogP contribution in [0.15, 0.2) is 52.6 Å².